The van der Waals surface area contributed by atoms with Crippen molar-refractivity contribution in [1.29, 1.82) is 0 Å². The molecule has 0 radical (unpaired) electrons. The monoisotopic (exact) mass is 509 g/mol. The highest BCUT2D eigenvalue weighted by atomic mass is 79.9. The number of hydrogen-bond acceptors (Lipinski definition) is 5. The second kappa shape index (κ2) is 8.84. The first kappa shape index (κ1) is 22.2. The maximum absolute atomic E-state index is 11.4. The summed E-state index contributed by atoms with van der Waals surface area (Å²) in [5, 5.41) is 9.86. The molecule has 2 aromatic rings. The summed E-state index contributed by atoms with van der Waals surface area (Å²) in [7, 11) is 0. The zero-order chi connectivity index (χ0) is 22.3. The number of carbonyl (C=O) groups is 1. The van der Waals surface area contributed by atoms with Gasteiger partial charge in [-0.1, -0.05) is 25.4 Å². The maximum Gasteiger partial charge on any atom is 0.407 e. The number of pyridine rings is 1. The highest BCUT2D eigenvalue weighted by Gasteiger charge is 2.35. The molecule has 2 aliphatic rings. The van der Waals surface area contributed by atoms with Gasteiger partial charge in [-0.2, -0.15) is 0 Å². The Hall–Kier alpha value is -2.03. The fraction of sp³-hybridized carbons (Fsp3) is 0.455. The molecule has 0 unspecified atom stereocenters. The van der Waals surface area contributed by atoms with Crippen molar-refractivity contribution >= 4 is 33.6 Å². The number of aromatic nitrogens is 1. The van der Waals surface area contributed by atoms with Crippen LogP contribution in [0.15, 0.2) is 22.8 Å². The van der Waals surface area contributed by atoms with Crippen molar-refractivity contribution in [2.45, 2.75) is 39.3 Å². The van der Waals surface area contributed by atoms with Crippen molar-refractivity contribution in [3.8, 4) is 17.2 Å². The first-order valence-electron chi connectivity index (χ1n) is 10.2. The lowest BCUT2D eigenvalue weighted by Crippen LogP contribution is -2.55. The van der Waals surface area contributed by atoms with Gasteiger partial charge in [-0.25, -0.2) is 4.79 Å². The van der Waals surface area contributed by atoms with Crippen LogP contribution in [-0.4, -0.2) is 58.3 Å². The molecule has 31 heavy (non-hydrogen) atoms. The number of aryl methyl sites for hydroxylation is 1. The molecule has 1 saturated heterocycles. The van der Waals surface area contributed by atoms with Crippen LogP contribution in [-0.2, 0) is 6.54 Å². The smallest absolute Gasteiger partial charge is 0.407 e. The lowest BCUT2D eigenvalue weighted by atomic mass is 10.1. The zero-order valence-electron chi connectivity index (χ0n) is 17.7. The topological polar surface area (TPSA) is 75.1 Å². The Morgan fingerprint density at radius 2 is 2.19 bits per heavy atom. The molecule has 2 aliphatic heterocycles. The molecule has 166 valence electrons. The van der Waals surface area contributed by atoms with Gasteiger partial charge in [-0.05, 0) is 46.5 Å². The summed E-state index contributed by atoms with van der Waals surface area (Å²) in [6, 6.07) is 3.75. The lowest BCUT2D eigenvalue weighted by Gasteiger charge is -2.38. The van der Waals surface area contributed by atoms with Gasteiger partial charge in [0.15, 0.2) is 5.75 Å². The zero-order valence-corrected chi connectivity index (χ0v) is 20.0. The molecule has 1 aromatic carbocycles. The summed E-state index contributed by atoms with van der Waals surface area (Å²) >= 11 is 10.1. The van der Waals surface area contributed by atoms with Crippen LogP contribution in [0.25, 0.3) is 0 Å². The number of ether oxygens (including phenoxy) is 2. The van der Waals surface area contributed by atoms with E-state index in [-0.39, 0.29) is 12.0 Å². The van der Waals surface area contributed by atoms with Gasteiger partial charge in [0.25, 0.3) is 0 Å². The second-order valence-electron chi connectivity index (χ2n) is 8.24. The third kappa shape index (κ3) is 4.33. The van der Waals surface area contributed by atoms with E-state index in [1.807, 2.05) is 19.1 Å². The molecule has 1 fully saturated rings. The first-order valence-corrected chi connectivity index (χ1v) is 11.4. The van der Waals surface area contributed by atoms with Crippen LogP contribution >= 0.6 is 27.5 Å². The van der Waals surface area contributed by atoms with Crippen LogP contribution in [0, 0.1) is 6.92 Å². The van der Waals surface area contributed by atoms with Crippen LogP contribution in [0.2, 0.25) is 5.02 Å². The number of carboxylic acid groups (broad SMARTS) is 1. The quantitative estimate of drug-likeness (QED) is 0.606. The van der Waals surface area contributed by atoms with Crippen LogP contribution < -0.4 is 9.47 Å². The number of halogens is 2. The lowest BCUT2D eigenvalue weighted by molar-refractivity contribution is 0.0501. The third-order valence-corrected chi connectivity index (χ3v) is 7.01. The normalized spacial score (nSPS) is 18.8. The van der Waals surface area contributed by atoms with Gasteiger partial charge in [-0.15, -0.1) is 0 Å². The summed E-state index contributed by atoms with van der Waals surface area (Å²) < 4.78 is 13.3. The standard InChI is InChI=1S/C22H25BrClN3O4/c1-12(2)19-20(13(3)4-5-25-19)31-17-8-16(23)18(24)21-15(17)10-26-6-7-27(22(28)29)9-14(26)11-30-21/h4-5,8,12,14H,6-7,9-11H2,1-3H3,(H,28,29)/t14-/m0/s1. The Morgan fingerprint density at radius 1 is 1.42 bits per heavy atom. The van der Waals surface area contributed by atoms with Gasteiger partial charge in [0.2, 0.25) is 0 Å². The number of fused-ring (bicyclic) bond motifs is 2. The Morgan fingerprint density at radius 3 is 2.90 bits per heavy atom. The second-order valence-corrected chi connectivity index (χ2v) is 9.47. The Labute approximate surface area is 195 Å². The maximum atomic E-state index is 11.4. The van der Waals surface area contributed by atoms with Gasteiger partial charge >= 0.3 is 6.09 Å². The summed E-state index contributed by atoms with van der Waals surface area (Å²) in [5.74, 6) is 2.18. The predicted octanol–water partition coefficient (Wildman–Crippen LogP) is 5.28. The minimum Gasteiger partial charge on any atom is -0.490 e. The Balaban J connectivity index is 1.73. The van der Waals surface area contributed by atoms with Crippen molar-refractivity contribution in [3.05, 3.63) is 44.6 Å². The average Bonchev–Trinajstić information content (AvgIpc) is 2.92. The van der Waals surface area contributed by atoms with E-state index in [2.05, 4.69) is 39.7 Å². The van der Waals surface area contributed by atoms with Gasteiger partial charge in [0.05, 0.1) is 22.3 Å². The number of benzene rings is 1. The van der Waals surface area contributed by atoms with Crippen LogP contribution in [0.4, 0.5) is 4.79 Å². The SMILES string of the molecule is Cc1ccnc(C(C)C)c1Oc1cc(Br)c(Cl)c2c1CN1CCN(C(=O)O)C[C@H]1CO2. The molecule has 7 nitrogen and oxygen atoms in total. The molecule has 9 heteroatoms. The molecule has 0 saturated carbocycles. The van der Waals surface area contributed by atoms with Crippen molar-refractivity contribution < 1.29 is 19.4 Å². The minimum absolute atomic E-state index is 0.0497. The van der Waals surface area contributed by atoms with E-state index < -0.39 is 6.09 Å². The van der Waals surface area contributed by atoms with Gasteiger partial charge in [0, 0.05) is 36.8 Å². The number of rotatable bonds is 3. The van der Waals surface area contributed by atoms with Gasteiger partial charge < -0.3 is 19.5 Å². The van der Waals surface area contributed by atoms with E-state index in [1.54, 1.807) is 6.20 Å². The molecule has 0 aliphatic carbocycles. The molecule has 3 heterocycles. The highest BCUT2D eigenvalue weighted by Crippen LogP contribution is 2.46. The summed E-state index contributed by atoms with van der Waals surface area (Å²) in [6.07, 6.45) is 0.894. The van der Waals surface area contributed by atoms with Crippen LogP contribution in [0.3, 0.4) is 0 Å². The summed E-state index contributed by atoms with van der Waals surface area (Å²) in [6.45, 7) is 8.57. The highest BCUT2D eigenvalue weighted by molar-refractivity contribution is 9.10. The van der Waals surface area contributed by atoms with E-state index in [1.165, 1.54) is 4.90 Å². The summed E-state index contributed by atoms with van der Waals surface area (Å²) in [4.78, 5) is 19.6. The molecule has 1 atom stereocenters. The minimum atomic E-state index is -0.903. The van der Waals surface area contributed by atoms with Gasteiger partial charge in [0.1, 0.15) is 18.1 Å². The predicted molar refractivity (Wildman–Crippen MR) is 122 cm³/mol. The molecular formula is C22H25BrClN3O4. The molecule has 1 amide bonds. The van der Waals surface area contributed by atoms with Crippen LogP contribution in [0.1, 0.15) is 36.6 Å². The van der Waals surface area contributed by atoms with Crippen molar-refractivity contribution in [2.75, 3.05) is 26.2 Å². The van der Waals surface area contributed by atoms with E-state index >= 15 is 0 Å². The van der Waals surface area contributed by atoms with E-state index in [4.69, 9.17) is 21.1 Å². The number of nitrogens with zero attached hydrogens (tertiary/aromatic N) is 3. The van der Waals surface area contributed by atoms with E-state index in [0.717, 1.165) is 22.6 Å². The Kier molecular flexibility index (Phi) is 6.32. The third-order valence-electron chi connectivity index (χ3n) is 5.78. The van der Waals surface area contributed by atoms with E-state index in [9.17, 15) is 9.90 Å². The van der Waals surface area contributed by atoms with Crippen molar-refractivity contribution in [1.82, 2.24) is 14.8 Å². The fourth-order valence-electron chi connectivity index (χ4n) is 4.04. The number of amides is 1. The summed E-state index contributed by atoms with van der Waals surface area (Å²) in [5.41, 5.74) is 2.75. The molecular weight excluding hydrogens is 486 g/mol. The van der Waals surface area contributed by atoms with Crippen molar-refractivity contribution in [3.63, 3.8) is 0 Å². The van der Waals surface area contributed by atoms with Crippen LogP contribution in [0.5, 0.6) is 17.2 Å². The molecule has 1 aromatic heterocycles. The molecule has 0 bridgehead atoms. The average molecular weight is 511 g/mol. The van der Waals surface area contributed by atoms with Crippen molar-refractivity contribution in [2.24, 2.45) is 0 Å². The molecule has 1 N–H and O–H groups in total. The first-order chi connectivity index (χ1) is 14.8. The Bertz CT molecular complexity index is 1020. The van der Waals surface area contributed by atoms with E-state index in [0.29, 0.717) is 53.8 Å². The number of piperazine rings is 1. The largest absolute Gasteiger partial charge is 0.490 e. The fourth-order valence-corrected chi connectivity index (χ4v) is 4.66. The molecule has 0 spiro atoms. The molecule has 4 rings (SSSR count). The van der Waals surface area contributed by atoms with Gasteiger partial charge in [-0.3, -0.25) is 9.88 Å². The number of hydrogen-bond donors (Lipinski definition) is 1.